The van der Waals surface area contributed by atoms with E-state index in [-0.39, 0.29) is 0 Å². The van der Waals surface area contributed by atoms with Crippen molar-refractivity contribution in [2.45, 2.75) is 13.3 Å². The number of aromatic nitrogens is 2. The largest absolute Gasteiger partial charge is 0.241 e. The Bertz CT molecular complexity index is 488. The summed E-state index contributed by atoms with van der Waals surface area (Å²) in [4.78, 5) is 0. The predicted octanol–water partition coefficient (Wildman–Crippen LogP) is 2.31. The van der Waals surface area contributed by atoms with Crippen LogP contribution in [0.5, 0.6) is 0 Å². The van der Waals surface area contributed by atoms with Gasteiger partial charge in [-0.05, 0) is 36.2 Å². The van der Waals surface area contributed by atoms with Gasteiger partial charge in [0.1, 0.15) is 0 Å². The molecule has 1 heterocycles. The number of hydrogen-bond donors (Lipinski definition) is 0. The van der Waals surface area contributed by atoms with Crippen LogP contribution in [0.15, 0.2) is 36.7 Å². The average molecular weight is 197 g/mol. The molecule has 0 bridgehead atoms. The van der Waals surface area contributed by atoms with Crippen LogP contribution in [0, 0.1) is 11.3 Å². The SMILES string of the molecule is CCc1cnn(-c2ccc(C#N)cc2)c1. The van der Waals surface area contributed by atoms with E-state index in [9.17, 15) is 0 Å². The summed E-state index contributed by atoms with van der Waals surface area (Å²) in [6.07, 6.45) is 4.84. The minimum atomic E-state index is 0.668. The molecule has 0 aliphatic carbocycles. The highest BCUT2D eigenvalue weighted by Crippen LogP contribution is 2.09. The molecule has 0 spiro atoms. The van der Waals surface area contributed by atoms with E-state index in [4.69, 9.17) is 5.26 Å². The molecule has 0 amide bonds. The maximum atomic E-state index is 8.67. The van der Waals surface area contributed by atoms with E-state index < -0.39 is 0 Å². The fraction of sp³-hybridized carbons (Fsp3) is 0.167. The molecule has 0 atom stereocenters. The number of benzene rings is 1. The zero-order valence-corrected chi connectivity index (χ0v) is 8.51. The second-order valence-electron chi connectivity index (χ2n) is 3.31. The summed E-state index contributed by atoms with van der Waals surface area (Å²) in [5.41, 5.74) is 2.86. The van der Waals surface area contributed by atoms with Crippen molar-refractivity contribution < 1.29 is 0 Å². The highest BCUT2D eigenvalue weighted by Gasteiger charge is 1.99. The normalized spacial score (nSPS) is 9.87. The summed E-state index contributed by atoms with van der Waals surface area (Å²) >= 11 is 0. The monoisotopic (exact) mass is 197 g/mol. The van der Waals surface area contributed by atoms with E-state index >= 15 is 0 Å². The highest BCUT2D eigenvalue weighted by atomic mass is 15.3. The predicted molar refractivity (Wildman–Crippen MR) is 57.7 cm³/mol. The number of hydrogen-bond acceptors (Lipinski definition) is 2. The van der Waals surface area contributed by atoms with Crippen molar-refractivity contribution in [1.29, 1.82) is 5.26 Å². The molecule has 0 N–H and O–H groups in total. The van der Waals surface area contributed by atoms with Crippen molar-refractivity contribution >= 4 is 0 Å². The van der Waals surface area contributed by atoms with Crippen LogP contribution >= 0.6 is 0 Å². The Morgan fingerprint density at radius 2 is 2.07 bits per heavy atom. The van der Waals surface area contributed by atoms with Crippen molar-refractivity contribution in [1.82, 2.24) is 9.78 Å². The van der Waals surface area contributed by atoms with Gasteiger partial charge in [0.15, 0.2) is 0 Å². The maximum absolute atomic E-state index is 8.67. The lowest BCUT2D eigenvalue weighted by Gasteiger charge is -1.99. The van der Waals surface area contributed by atoms with Crippen molar-refractivity contribution in [3.05, 3.63) is 47.8 Å². The molecule has 3 nitrogen and oxygen atoms in total. The lowest BCUT2D eigenvalue weighted by molar-refractivity contribution is 0.879. The van der Waals surface area contributed by atoms with Gasteiger partial charge in [-0.1, -0.05) is 6.92 Å². The van der Waals surface area contributed by atoms with Crippen molar-refractivity contribution in [2.75, 3.05) is 0 Å². The Morgan fingerprint density at radius 1 is 1.33 bits per heavy atom. The number of rotatable bonds is 2. The third kappa shape index (κ3) is 1.89. The quantitative estimate of drug-likeness (QED) is 0.741. The highest BCUT2D eigenvalue weighted by molar-refractivity contribution is 5.39. The van der Waals surface area contributed by atoms with Gasteiger partial charge in [0.2, 0.25) is 0 Å². The molecule has 0 unspecified atom stereocenters. The van der Waals surface area contributed by atoms with Gasteiger partial charge >= 0.3 is 0 Å². The number of nitrogens with zero attached hydrogens (tertiary/aromatic N) is 3. The molecular formula is C12H11N3. The minimum absolute atomic E-state index is 0.668. The van der Waals surface area contributed by atoms with E-state index in [2.05, 4.69) is 18.1 Å². The van der Waals surface area contributed by atoms with Gasteiger partial charge in [-0.2, -0.15) is 10.4 Å². The minimum Gasteiger partial charge on any atom is -0.241 e. The van der Waals surface area contributed by atoms with Crippen molar-refractivity contribution in [3.63, 3.8) is 0 Å². The van der Waals surface area contributed by atoms with Crippen molar-refractivity contribution in [3.8, 4) is 11.8 Å². The molecular weight excluding hydrogens is 186 g/mol. The summed E-state index contributed by atoms with van der Waals surface area (Å²) in [5, 5.41) is 12.9. The summed E-state index contributed by atoms with van der Waals surface area (Å²) in [7, 11) is 0. The molecule has 0 saturated heterocycles. The van der Waals surface area contributed by atoms with Crippen LogP contribution in [0.2, 0.25) is 0 Å². The Hall–Kier alpha value is -2.08. The lowest BCUT2D eigenvalue weighted by atomic mass is 10.2. The van der Waals surface area contributed by atoms with Crippen LogP contribution < -0.4 is 0 Å². The van der Waals surface area contributed by atoms with Gasteiger partial charge in [-0.15, -0.1) is 0 Å². The molecule has 0 aliphatic rings. The molecule has 0 saturated carbocycles. The third-order valence-electron chi connectivity index (χ3n) is 2.31. The second-order valence-corrected chi connectivity index (χ2v) is 3.31. The van der Waals surface area contributed by atoms with E-state index in [0.717, 1.165) is 12.1 Å². The first-order chi connectivity index (χ1) is 7.33. The van der Waals surface area contributed by atoms with E-state index in [0.29, 0.717) is 5.56 Å². The van der Waals surface area contributed by atoms with Gasteiger partial charge < -0.3 is 0 Å². The van der Waals surface area contributed by atoms with Crippen molar-refractivity contribution in [2.24, 2.45) is 0 Å². The fourth-order valence-electron chi connectivity index (χ4n) is 1.37. The second kappa shape index (κ2) is 3.97. The van der Waals surface area contributed by atoms with Gasteiger partial charge in [0.05, 0.1) is 23.5 Å². The first kappa shape index (κ1) is 9.47. The van der Waals surface area contributed by atoms with Crippen LogP contribution in [0.25, 0.3) is 5.69 Å². The van der Waals surface area contributed by atoms with E-state index in [1.54, 1.807) is 12.1 Å². The number of nitriles is 1. The van der Waals surface area contributed by atoms with Gasteiger partial charge in [0.25, 0.3) is 0 Å². The van der Waals surface area contributed by atoms with Crippen LogP contribution in [-0.4, -0.2) is 9.78 Å². The van der Waals surface area contributed by atoms with Crippen LogP contribution in [0.4, 0.5) is 0 Å². The Balaban J connectivity index is 2.33. The topological polar surface area (TPSA) is 41.6 Å². The maximum Gasteiger partial charge on any atom is 0.0991 e. The number of aryl methyl sites for hydroxylation is 1. The first-order valence-electron chi connectivity index (χ1n) is 4.87. The molecule has 1 aromatic carbocycles. The molecule has 2 aromatic rings. The van der Waals surface area contributed by atoms with E-state index in [1.165, 1.54) is 5.56 Å². The fourth-order valence-corrected chi connectivity index (χ4v) is 1.37. The van der Waals surface area contributed by atoms with Gasteiger partial charge in [-0.3, -0.25) is 0 Å². The molecule has 74 valence electrons. The van der Waals surface area contributed by atoms with Crippen LogP contribution in [-0.2, 0) is 6.42 Å². The zero-order chi connectivity index (χ0) is 10.7. The summed E-state index contributed by atoms with van der Waals surface area (Å²) in [6.45, 7) is 2.10. The molecule has 2 rings (SSSR count). The van der Waals surface area contributed by atoms with Gasteiger partial charge in [-0.25, -0.2) is 4.68 Å². The van der Waals surface area contributed by atoms with Crippen LogP contribution in [0.3, 0.4) is 0 Å². The summed E-state index contributed by atoms with van der Waals surface area (Å²) < 4.78 is 1.82. The Labute approximate surface area is 88.6 Å². The standard InChI is InChI=1S/C12H11N3/c1-2-10-8-14-15(9-10)12-5-3-11(7-13)4-6-12/h3-6,8-9H,2H2,1H3. The average Bonchev–Trinajstić information content (AvgIpc) is 2.78. The first-order valence-corrected chi connectivity index (χ1v) is 4.87. The molecule has 0 aliphatic heterocycles. The zero-order valence-electron chi connectivity index (χ0n) is 8.51. The summed E-state index contributed by atoms with van der Waals surface area (Å²) in [5.74, 6) is 0. The smallest absolute Gasteiger partial charge is 0.0991 e. The molecule has 15 heavy (non-hydrogen) atoms. The molecule has 0 radical (unpaired) electrons. The molecule has 1 aromatic heterocycles. The Morgan fingerprint density at radius 3 is 2.60 bits per heavy atom. The summed E-state index contributed by atoms with van der Waals surface area (Å²) in [6, 6.07) is 9.47. The van der Waals surface area contributed by atoms with E-state index in [1.807, 2.05) is 29.2 Å². The third-order valence-corrected chi connectivity index (χ3v) is 2.31. The lowest BCUT2D eigenvalue weighted by Crippen LogP contribution is -1.93. The van der Waals surface area contributed by atoms with Crippen LogP contribution in [0.1, 0.15) is 18.1 Å². The molecule has 0 fully saturated rings. The van der Waals surface area contributed by atoms with Gasteiger partial charge in [0, 0.05) is 6.20 Å². The Kier molecular flexibility index (Phi) is 2.51. The molecule has 3 heteroatoms.